The lowest BCUT2D eigenvalue weighted by molar-refractivity contribution is -0.384. The Hall–Kier alpha value is -1.67. The first-order valence-electron chi connectivity index (χ1n) is 5.19. The first-order valence-corrected chi connectivity index (χ1v) is 7.08. The van der Waals surface area contributed by atoms with Gasteiger partial charge in [-0.2, -0.15) is 0 Å². The third kappa shape index (κ3) is 3.67. The lowest BCUT2D eigenvalue weighted by Gasteiger charge is -2.07. The first kappa shape index (κ1) is 14.4. The lowest BCUT2D eigenvalue weighted by atomic mass is 10.2. The maximum atomic E-state index is 11.3. The fraction of sp³-hybridized carbons (Fsp3) is 0.400. The number of hydrogen-bond acceptors (Lipinski definition) is 6. The van der Waals surface area contributed by atoms with Crippen LogP contribution in [0.3, 0.4) is 0 Å². The van der Waals surface area contributed by atoms with Crippen LogP contribution in [-0.4, -0.2) is 37.9 Å². The molecule has 100 valence electrons. The molecule has 8 heteroatoms. The van der Waals surface area contributed by atoms with Crippen molar-refractivity contribution < 1.29 is 18.4 Å². The largest absolute Gasteiger partial charge is 0.396 e. The van der Waals surface area contributed by atoms with Gasteiger partial charge in [0.2, 0.25) is 0 Å². The Morgan fingerprint density at radius 1 is 1.44 bits per heavy atom. The van der Waals surface area contributed by atoms with Crippen molar-refractivity contribution in [3.63, 3.8) is 0 Å². The van der Waals surface area contributed by atoms with Crippen LogP contribution < -0.4 is 5.32 Å². The van der Waals surface area contributed by atoms with Crippen LogP contribution in [0.25, 0.3) is 0 Å². The molecule has 0 aliphatic carbocycles. The molecule has 0 amide bonds. The van der Waals surface area contributed by atoms with Crippen molar-refractivity contribution in [3.05, 3.63) is 28.3 Å². The topological polar surface area (TPSA) is 110 Å². The summed E-state index contributed by atoms with van der Waals surface area (Å²) in [6.07, 6.45) is 1.44. The molecule has 0 radical (unpaired) electrons. The third-order valence-electron chi connectivity index (χ3n) is 2.24. The Morgan fingerprint density at radius 3 is 2.61 bits per heavy atom. The average Bonchev–Trinajstić information content (AvgIpc) is 2.28. The summed E-state index contributed by atoms with van der Waals surface area (Å²) in [5.74, 6) is 0. The number of rotatable bonds is 6. The van der Waals surface area contributed by atoms with Gasteiger partial charge in [-0.3, -0.25) is 10.1 Å². The quantitative estimate of drug-likeness (QED) is 0.451. The smallest absolute Gasteiger partial charge is 0.293 e. The second-order valence-electron chi connectivity index (χ2n) is 3.71. The molecule has 0 aliphatic rings. The number of nitrogens with one attached hydrogen (secondary N) is 1. The SMILES string of the molecule is CS(=O)(=O)c1ccc(NCCCO)c([N+](=O)[O-])c1. The van der Waals surface area contributed by atoms with E-state index in [9.17, 15) is 18.5 Å². The second-order valence-corrected chi connectivity index (χ2v) is 5.73. The predicted octanol–water partition coefficient (Wildman–Crippen LogP) is 0.793. The van der Waals surface area contributed by atoms with Gasteiger partial charge in [-0.05, 0) is 18.6 Å². The number of sulfone groups is 1. The van der Waals surface area contributed by atoms with E-state index in [-0.39, 0.29) is 22.9 Å². The predicted molar refractivity (Wildman–Crippen MR) is 66.4 cm³/mol. The minimum absolute atomic E-state index is 0.0256. The summed E-state index contributed by atoms with van der Waals surface area (Å²) in [7, 11) is -3.47. The lowest BCUT2D eigenvalue weighted by Crippen LogP contribution is -2.07. The second kappa shape index (κ2) is 5.78. The van der Waals surface area contributed by atoms with Crippen molar-refractivity contribution in [3.8, 4) is 0 Å². The van der Waals surface area contributed by atoms with E-state index < -0.39 is 14.8 Å². The van der Waals surface area contributed by atoms with Crippen LogP contribution in [0.5, 0.6) is 0 Å². The molecule has 0 atom stereocenters. The maximum Gasteiger partial charge on any atom is 0.293 e. The number of benzene rings is 1. The molecule has 1 rings (SSSR count). The van der Waals surface area contributed by atoms with Crippen LogP contribution in [-0.2, 0) is 9.84 Å². The van der Waals surface area contributed by atoms with Crippen LogP contribution in [0.2, 0.25) is 0 Å². The molecular weight excluding hydrogens is 260 g/mol. The monoisotopic (exact) mass is 274 g/mol. The fourth-order valence-electron chi connectivity index (χ4n) is 1.34. The van der Waals surface area contributed by atoms with E-state index in [1.807, 2.05) is 0 Å². The number of nitro groups is 1. The zero-order valence-electron chi connectivity index (χ0n) is 9.79. The highest BCUT2D eigenvalue weighted by atomic mass is 32.2. The van der Waals surface area contributed by atoms with Gasteiger partial charge in [0, 0.05) is 25.5 Å². The van der Waals surface area contributed by atoms with Gasteiger partial charge in [0.15, 0.2) is 9.84 Å². The molecule has 0 saturated carbocycles. The van der Waals surface area contributed by atoms with Gasteiger partial charge in [0.1, 0.15) is 5.69 Å². The van der Waals surface area contributed by atoms with Crippen molar-refractivity contribution in [2.75, 3.05) is 24.7 Å². The molecule has 0 spiro atoms. The molecule has 2 N–H and O–H groups in total. The summed E-state index contributed by atoms with van der Waals surface area (Å²) in [5, 5.41) is 22.3. The van der Waals surface area contributed by atoms with Gasteiger partial charge in [0.25, 0.3) is 5.69 Å². The van der Waals surface area contributed by atoms with Crippen molar-refractivity contribution in [1.82, 2.24) is 0 Å². The van der Waals surface area contributed by atoms with Crippen LogP contribution in [0.15, 0.2) is 23.1 Å². The fourth-order valence-corrected chi connectivity index (χ4v) is 1.99. The summed E-state index contributed by atoms with van der Waals surface area (Å²) < 4.78 is 22.6. The summed E-state index contributed by atoms with van der Waals surface area (Å²) in [6, 6.07) is 3.69. The minimum atomic E-state index is -3.47. The van der Waals surface area contributed by atoms with E-state index in [1.165, 1.54) is 12.1 Å². The number of aliphatic hydroxyl groups excluding tert-OH is 1. The highest BCUT2D eigenvalue weighted by molar-refractivity contribution is 7.90. The van der Waals surface area contributed by atoms with E-state index in [2.05, 4.69) is 5.32 Å². The highest BCUT2D eigenvalue weighted by Crippen LogP contribution is 2.27. The Kier molecular flexibility index (Phi) is 4.62. The number of nitrogens with zero attached hydrogens (tertiary/aromatic N) is 1. The molecule has 1 aromatic rings. The van der Waals surface area contributed by atoms with E-state index >= 15 is 0 Å². The molecule has 0 aromatic heterocycles. The Balaban J connectivity index is 3.09. The molecule has 7 nitrogen and oxygen atoms in total. The molecule has 0 heterocycles. The normalized spacial score (nSPS) is 11.2. The summed E-state index contributed by atoms with van der Waals surface area (Å²) in [5.41, 5.74) is -0.0586. The average molecular weight is 274 g/mol. The van der Waals surface area contributed by atoms with Crippen molar-refractivity contribution in [1.29, 1.82) is 0 Å². The molecule has 0 fully saturated rings. The zero-order valence-corrected chi connectivity index (χ0v) is 10.6. The molecule has 0 saturated heterocycles. The zero-order chi connectivity index (χ0) is 13.8. The van der Waals surface area contributed by atoms with Gasteiger partial charge in [0.05, 0.1) is 9.82 Å². The van der Waals surface area contributed by atoms with Gasteiger partial charge < -0.3 is 10.4 Å². The Morgan fingerprint density at radius 2 is 2.11 bits per heavy atom. The molecule has 0 bridgehead atoms. The Labute approximate surface area is 105 Å². The molecule has 1 aromatic carbocycles. The van der Waals surface area contributed by atoms with Crippen LogP contribution in [0.1, 0.15) is 6.42 Å². The number of nitro benzene ring substituents is 1. The number of anilines is 1. The Bertz CT molecular complexity index is 541. The van der Waals surface area contributed by atoms with E-state index in [0.717, 1.165) is 12.3 Å². The molecule has 18 heavy (non-hydrogen) atoms. The van der Waals surface area contributed by atoms with Crippen molar-refractivity contribution >= 4 is 21.2 Å². The van der Waals surface area contributed by atoms with E-state index in [4.69, 9.17) is 5.11 Å². The van der Waals surface area contributed by atoms with Crippen LogP contribution in [0, 0.1) is 10.1 Å². The first-order chi connectivity index (χ1) is 8.36. The van der Waals surface area contributed by atoms with Gasteiger partial charge >= 0.3 is 0 Å². The minimum Gasteiger partial charge on any atom is -0.396 e. The summed E-state index contributed by atoms with van der Waals surface area (Å²) in [4.78, 5) is 10.1. The molecule has 0 aliphatic heterocycles. The molecule has 0 unspecified atom stereocenters. The van der Waals surface area contributed by atoms with Crippen molar-refractivity contribution in [2.45, 2.75) is 11.3 Å². The van der Waals surface area contributed by atoms with Crippen molar-refractivity contribution in [2.24, 2.45) is 0 Å². The summed E-state index contributed by atoms with van der Waals surface area (Å²) in [6.45, 7) is 0.345. The third-order valence-corrected chi connectivity index (χ3v) is 3.35. The van der Waals surface area contributed by atoms with Crippen LogP contribution in [0.4, 0.5) is 11.4 Å². The van der Waals surface area contributed by atoms with Gasteiger partial charge in [-0.25, -0.2) is 8.42 Å². The van der Waals surface area contributed by atoms with Gasteiger partial charge in [-0.1, -0.05) is 0 Å². The summed E-state index contributed by atoms with van der Waals surface area (Å²) >= 11 is 0. The van der Waals surface area contributed by atoms with E-state index in [0.29, 0.717) is 13.0 Å². The standard InChI is InChI=1S/C10H14N2O5S/c1-18(16,17)8-3-4-9(11-5-2-6-13)10(7-8)12(14)15/h3-4,7,11,13H,2,5-6H2,1H3. The van der Waals surface area contributed by atoms with E-state index in [1.54, 1.807) is 0 Å². The maximum absolute atomic E-state index is 11.3. The highest BCUT2D eigenvalue weighted by Gasteiger charge is 2.18. The number of hydrogen-bond donors (Lipinski definition) is 2. The number of aliphatic hydroxyl groups is 1. The van der Waals surface area contributed by atoms with Crippen LogP contribution >= 0.6 is 0 Å². The molecular formula is C10H14N2O5S. The van der Waals surface area contributed by atoms with Gasteiger partial charge in [-0.15, -0.1) is 0 Å².